The minimum atomic E-state index is -4.96. The second-order valence-electron chi connectivity index (χ2n) is 12.5. The molecule has 1 aliphatic rings. The van der Waals surface area contributed by atoms with E-state index in [4.69, 9.17) is 0 Å². The van der Waals surface area contributed by atoms with Gasteiger partial charge in [-0.25, -0.2) is 3.93 Å². The molecule has 0 spiro atoms. The van der Waals surface area contributed by atoms with E-state index in [-0.39, 0.29) is 41.6 Å². The first-order valence-electron chi connectivity index (χ1n) is 16.5. The smallest absolute Gasteiger partial charge is 0.298 e. The Kier molecular flexibility index (Phi) is 13.0. The van der Waals surface area contributed by atoms with E-state index in [1.807, 2.05) is 0 Å². The lowest BCUT2D eigenvalue weighted by Gasteiger charge is -2.16. The molecule has 22 heteroatoms. The number of imide groups is 1. The maximum atomic E-state index is 13.3. The number of aldehydes is 1. The van der Waals surface area contributed by atoms with Crippen molar-refractivity contribution in [2.24, 2.45) is 0 Å². The van der Waals surface area contributed by atoms with Gasteiger partial charge in [0.15, 0.2) is 0 Å². The predicted molar refractivity (Wildman–Crippen MR) is 194 cm³/mol. The number of hydrogen-bond acceptors (Lipinski definition) is 5. The molecule has 0 unspecified atom stereocenters. The fourth-order valence-electron chi connectivity index (χ4n) is 5.59. The lowest BCUT2D eigenvalue weighted by atomic mass is 10.0. The molecule has 2 amide bonds. The average Bonchev–Trinajstić information content (AvgIpc) is 3.80. The molecule has 312 valence electrons. The number of alkyl halides is 12. The number of rotatable bonds is 5. The van der Waals surface area contributed by atoms with Gasteiger partial charge in [0.05, 0.1) is 62.5 Å². The van der Waals surface area contributed by atoms with E-state index in [1.165, 1.54) is 21.5 Å². The Bertz CT molecular complexity index is 2480. The largest absolute Gasteiger partial charge is 0.416 e. The van der Waals surface area contributed by atoms with Crippen molar-refractivity contribution in [3.63, 3.8) is 0 Å². The summed E-state index contributed by atoms with van der Waals surface area (Å²) in [5.74, 6) is -0.287. The normalized spacial score (nSPS) is 13.7. The molecule has 1 aliphatic heterocycles. The summed E-state index contributed by atoms with van der Waals surface area (Å²) in [5.41, 5.74) is -4.73. The van der Waals surface area contributed by atoms with Crippen LogP contribution in [0.1, 0.15) is 56.6 Å². The van der Waals surface area contributed by atoms with Crippen LogP contribution < -0.4 is 0 Å². The molecule has 3 heterocycles. The number of aromatic nitrogens is 4. The van der Waals surface area contributed by atoms with E-state index in [0.29, 0.717) is 57.8 Å². The number of halogens is 14. The molecule has 59 heavy (non-hydrogen) atoms. The first-order valence-corrected chi connectivity index (χ1v) is 18.0. The fourth-order valence-corrected chi connectivity index (χ4v) is 6.48. The molecule has 1 fully saturated rings. The number of carbonyl (C=O) groups excluding carboxylic acids is 3. The SMILES string of the molecule is FC(F)(F)c1ccc(Cn2cc3ccccc3n2)c(C(F)(F)F)c1.O=C1CCC(=O)N1Br.O=Cc1ccc2c(Br)n(Cc3ccc(C(F)(F)F)cc3C(F)(F)F)nc2c1. The monoisotopic (exact) mass is 971 g/mol. The molecular formula is C37H23Br2F12N5O3. The minimum absolute atomic E-state index is 0.0942. The van der Waals surface area contributed by atoms with E-state index in [9.17, 15) is 67.1 Å². The van der Waals surface area contributed by atoms with Gasteiger partial charge in [-0.3, -0.25) is 23.7 Å². The third kappa shape index (κ3) is 10.9. The van der Waals surface area contributed by atoms with Gasteiger partial charge in [-0.2, -0.15) is 62.9 Å². The second-order valence-corrected chi connectivity index (χ2v) is 14.0. The number of amides is 2. The van der Waals surface area contributed by atoms with E-state index in [1.54, 1.807) is 36.5 Å². The van der Waals surface area contributed by atoms with Gasteiger partial charge < -0.3 is 0 Å². The Morgan fingerprint density at radius 3 is 1.61 bits per heavy atom. The van der Waals surface area contributed by atoms with Crippen LogP contribution in [0.15, 0.2) is 89.7 Å². The van der Waals surface area contributed by atoms with Crippen LogP contribution in [0, 0.1) is 0 Å². The summed E-state index contributed by atoms with van der Waals surface area (Å²) in [6.07, 6.45) is -16.7. The Morgan fingerprint density at radius 1 is 0.627 bits per heavy atom. The predicted octanol–water partition coefficient (Wildman–Crippen LogP) is 11.3. The molecule has 6 aromatic rings. The van der Waals surface area contributed by atoms with Gasteiger partial charge >= 0.3 is 24.7 Å². The topological polar surface area (TPSA) is 90.1 Å². The lowest BCUT2D eigenvalue weighted by molar-refractivity contribution is -0.145. The zero-order valence-electron chi connectivity index (χ0n) is 29.2. The molecule has 0 N–H and O–H groups in total. The number of fused-ring (bicyclic) bond motifs is 2. The maximum Gasteiger partial charge on any atom is 0.416 e. The summed E-state index contributed by atoms with van der Waals surface area (Å²) in [6.45, 7) is -0.680. The van der Waals surface area contributed by atoms with Crippen LogP contribution in [0.3, 0.4) is 0 Å². The van der Waals surface area contributed by atoms with Crippen molar-refractivity contribution in [1.82, 2.24) is 23.5 Å². The molecule has 7 rings (SSSR count). The first kappa shape index (κ1) is 44.8. The van der Waals surface area contributed by atoms with Gasteiger partial charge in [0.1, 0.15) is 10.9 Å². The van der Waals surface area contributed by atoms with Gasteiger partial charge in [0.25, 0.3) is 0 Å². The molecule has 0 aliphatic carbocycles. The van der Waals surface area contributed by atoms with Crippen LogP contribution in [-0.2, 0) is 47.4 Å². The highest BCUT2D eigenvalue weighted by molar-refractivity contribution is 9.10. The van der Waals surface area contributed by atoms with E-state index in [0.717, 1.165) is 21.4 Å². The van der Waals surface area contributed by atoms with E-state index >= 15 is 0 Å². The Hall–Kier alpha value is -5.25. The molecular weight excluding hydrogens is 950 g/mol. The number of hydrogen-bond donors (Lipinski definition) is 0. The summed E-state index contributed by atoms with van der Waals surface area (Å²) in [6, 6.07) is 14.6. The Labute approximate surface area is 340 Å². The van der Waals surface area contributed by atoms with Crippen LogP contribution in [0.5, 0.6) is 0 Å². The standard InChI is InChI=1S/C17H9BrF6N2O.C16H10F6N2.C4H4BrNO2/c18-15-12-4-1-9(8-27)5-14(12)25-26(15)7-10-2-3-11(16(19,20)21)6-13(10)17(22,23)24;17-15(18,19)12-6-5-10(13(7-12)16(20,21)22)8-24-9-11-3-1-2-4-14(11)23-24;5-6-3(7)1-2-4(6)8/h1-6,8H,7H2;1-7,9H,8H2;1-2H2. The first-order chi connectivity index (χ1) is 27.4. The maximum absolute atomic E-state index is 13.3. The van der Waals surface area contributed by atoms with E-state index in [2.05, 4.69) is 42.3 Å². The third-order valence-corrected chi connectivity index (χ3v) is 10.1. The summed E-state index contributed by atoms with van der Waals surface area (Å²) in [7, 11) is 0. The van der Waals surface area contributed by atoms with Crippen molar-refractivity contribution in [3.8, 4) is 0 Å². The highest BCUT2D eigenvalue weighted by Gasteiger charge is 2.39. The lowest BCUT2D eigenvalue weighted by Crippen LogP contribution is -2.16. The van der Waals surface area contributed by atoms with E-state index < -0.39 is 53.5 Å². The van der Waals surface area contributed by atoms with Gasteiger partial charge in [-0.1, -0.05) is 36.4 Å². The molecule has 0 atom stereocenters. The summed E-state index contributed by atoms with van der Waals surface area (Å²) in [5, 5.41) is 9.55. The van der Waals surface area contributed by atoms with Crippen LogP contribution in [-0.4, -0.2) is 41.6 Å². The zero-order chi connectivity index (χ0) is 43.7. The minimum Gasteiger partial charge on any atom is -0.298 e. The molecule has 0 radical (unpaired) electrons. The molecule has 0 bridgehead atoms. The number of nitrogens with zero attached hydrogens (tertiary/aromatic N) is 5. The average molecular weight is 973 g/mol. The van der Waals surface area contributed by atoms with Crippen molar-refractivity contribution in [1.29, 1.82) is 0 Å². The van der Waals surface area contributed by atoms with Crippen molar-refractivity contribution >= 4 is 72.0 Å². The number of benzene rings is 4. The zero-order valence-corrected chi connectivity index (χ0v) is 32.4. The van der Waals surface area contributed by atoms with Crippen molar-refractivity contribution in [2.45, 2.75) is 50.6 Å². The van der Waals surface area contributed by atoms with Crippen LogP contribution in [0.4, 0.5) is 52.7 Å². The van der Waals surface area contributed by atoms with Gasteiger partial charge in [0, 0.05) is 35.4 Å². The highest BCUT2D eigenvalue weighted by atomic mass is 79.9. The quantitative estimate of drug-likeness (QED) is 0.0743. The van der Waals surface area contributed by atoms with Crippen LogP contribution in [0.25, 0.3) is 21.8 Å². The van der Waals surface area contributed by atoms with Crippen LogP contribution >= 0.6 is 32.1 Å². The molecule has 0 saturated carbocycles. The Balaban J connectivity index is 0.000000190. The second kappa shape index (κ2) is 17.2. The number of carbonyl (C=O) groups is 3. The molecule has 2 aromatic heterocycles. The van der Waals surface area contributed by atoms with Gasteiger partial charge in [-0.15, -0.1) is 0 Å². The summed E-state index contributed by atoms with van der Waals surface area (Å²) < 4.78 is 159. The summed E-state index contributed by atoms with van der Waals surface area (Å²) in [4.78, 5) is 31.7. The van der Waals surface area contributed by atoms with Gasteiger partial charge in [0.2, 0.25) is 11.8 Å². The summed E-state index contributed by atoms with van der Waals surface area (Å²) >= 11 is 6.03. The molecule has 4 aromatic carbocycles. The highest BCUT2D eigenvalue weighted by Crippen LogP contribution is 2.39. The fraction of sp³-hybridized carbons (Fsp3) is 0.216. The van der Waals surface area contributed by atoms with Crippen LogP contribution in [0.2, 0.25) is 0 Å². The molecule has 8 nitrogen and oxygen atoms in total. The molecule has 1 saturated heterocycles. The third-order valence-electron chi connectivity index (χ3n) is 8.42. The Morgan fingerprint density at radius 2 is 1.15 bits per heavy atom. The van der Waals surface area contributed by atoms with Crippen molar-refractivity contribution in [3.05, 3.63) is 129 Å². The van der Waals surface area contributed by atoms with Crippen molar-refractivity contribution < 1.29 is 67.1 Å². The van der Waals surface area contributed by atoms with Crippen molar-refractivity contribution in [2.75, 3.05) is 0 Å². The van der Waals surface area contributed by atoms with Gasteiger partial charge in [-0.05, 0) is 69.5 Å².